The minimum absolute atomic E-state index is 0.111. The minimum Gasteiger partial charge on any atom is -0.469 e. The van der Waals surface area contributed by atoms with Gasteiger partial charge < -0.3 is 15.4 Å². The molecule has 0 saturated heterocycles. The number of nitrogens with one attached hydrogen (secondary N) is 2. The van der Waals surface area contributed by atoms with E-state index < -0.39 is 17.5 Å². The Bertz CT molecular complexity index is 1090. The largest absolute Gasteiger partial charge is 0.469 e. The molecule has 2 N–H and O–H groups in total. The van der Waals surface area contributed by atoms with Crippen LogP contribution in [0.1, 0.15) is 28.2 Å². The van der Waals surface area contributed by atoms with E-state index in [-0.39, 0.29) is 23.6 Å². The Morgan fingerprint density at radius 1 is 1.20 bits per heavy atom. The van der Waals surface area contributed by atoms with Crippen LogP contribution in [-0.2, 0) is 16.0 Å². The Morgan fingerprint density at radius 2 is 2.00 bits per heavy atom. The fourth-order valence-electron chi connectivity index (χ4n) is 2.53. The van der Waals surface area contributed by atoms with Gasteiger partial charge >= 0.3 is 5.97 Å². The maximum atomic E-state index is 13.4. The Kier molecular flexibility index (Phi) is 6.62. The minimum atomic E-state index is -1.06. The van der Waals surface area contributed by atoms with Crippen LogP contribution in [0, 0.1) is 18.6 Å². The highest BCUT2D eigenvalue weighted by Crippen LogP contribution is 2.28. The molecule has 3 aromatic rings. The molecule has 0 aliphatic carbocycles. The molecule has 1 aromatic carbocycles. The van der Waals surface area contributed by atoms with Gasteiger partial charge in [0.15, 0.2) is 11.6 Å². The van der Waals surface area contributed by atoms with E-state index in [0.29, 0.717) is 28.6 Å². The van der Waals surface area contributed by atoms with Gasteiger partial charge in [-0.1, -0.05) is 0 Å². The van der Waals surface area contributed by atoms with E-state index in [9.17, 15) is 18.4 Å². The first-order valence-electron chi connectivity index (χ1n) is 8.74. The summed E-state index contributed by atoms with van der Waals surface area (Å²) in [6.45, 7) is 1.65. The molecule has 0 bridgehead atoms. The molecule has 0 saturated carbocycles. The van der Waals surface area contributed by atoms with Crippen molar-refractivity contribution in [1.29, 1.82) is 0 Å². The predicted octanol–water partition coefficient (Wildman–Crippen LogP) is 3.62. The average Bonchev–Trinajstić information content (AvgIpc) is 3.09. The summed E-state index contributed by atoms with van der Waals surface area (Å²) < 4.78 is 35.3. The molecule has 2 aromatic heterocycles. The third-order valence-corrected chi connectivity index (χ3v) is 4.86. The number of rotatable bonds is 7. The Morgan fingerprint density at radius 3 is 2.73 bits per heavy atom. The quantitative estimate of drug-likeness (QED) is 0.548. The standard InChI is InChI=1S/C19H17F2N5O3S/c1-10-17(18(28)24-11-3-5-13(20)14(21)7-11)19(30-26-10)25-15-9-22-8-12(23-15)4-6-16(27)29-2/h3,5,7-9H,4,6H2,1-2H3,(H,23,25)(H,24,28). The van der Waals surface area contributed by atoms with Crippen molar-refractivity contribution >= 4 is 39.9 Å². The number of anilines is 3. The summed E-state index contributed by atoms with van der Waals surface area (Å²) >= 11 is 1.05. The number of aromatic nitrogens is 3. The van der Waals surface area contributed by atoms with Crippen LogP contribution in [0.2, 0.25) is 0 Å². The normalized spacial score (nSPS) is 10.5. The van der Waals surface area contributed by atoms with Crippen LogP contribution in [0.5, 0.6) is 0 Å². The maximum absolute atomic E-state index is 13.4. The fourth-order valence-corrected chi connectivity index (χ4v) is 3.33. The van der Waals surface area contributed by atoms with Gasteiger partial charge in [-0.2, -0.15) is 4.37 Å². The molecule has 0 aliphatic heterocycles. The number of benzene rings is 1. The number of carbonyl (C=O) groups excluding carboxylic acids is 2. The molecule has 30 heavy (non-hydrogen) atoms. The number of ether oxygens (including phenoxy) is 1. The molecular weight excluding hydrogens is 416 g/mol. The molecule has 0 fully saturated rings. The van der Waals surface area contributed by atoms with E-state index in [2.05, 4.69) is 29.7 Å². The molecular formula is C19H17F2N5O3S. The highest BCUT2D eigenvalue weighted by atomic mass is 32.1. The van der Waals surface area contributed by atoms with Crippen LogP contribution in [0.25, 0.3) is 0 Å². The van der Waals surface area contributed by atoms with Gasteiger partial charge in [0.05, 0.1) is 36.7 Å². The number of nitrogens with zero attached hydrogens (tertiary/aromatic N) is 3. The van der Waals surface area contributed by atoms with Crippen molar-refractivity contribution in [2.24, 2.45) is 0 Å². The van der Waals surface area contributed by atoms with Crippen LogP contribution in [0.15, 0.2) is 30.6 Å². The zero-order chi connectivity index (χ0) is 21.7. The van der Waals surface area contributed by atoms with Crippen LogP contribution < -0.4 is 10.6 Å². The Balaban J connectivity index is 1.76. The molecule has 11 heteroatoms. The molecule has 0 spiro atoms. The van der Waals surface area contributed by atoms with Gasteiger partial charge in [-0.3, -0.25) is 14.6 Å². The van der Waals surface area contributed by atoms with Crippen molar-refractivity contribution in [2.45, 2.75) is 19.8 Å². The lowest BCUT2D eigenvalue weighted by Gasteiger charge is -2.09. The lowest BCUT2D eigenvalue weighted by atomic mass is 10.2. The Labute approximate surface area is 174 Å². The molecule has 8 nitrogen and oxygen atoms in total. The van der Waals surface area contributed by atoms with Crippen molar-refractivity contribution in [1.82, 2.24) is 14.3 Å². The molecule has 3 rings (SSSR count). The lowest BCUT2D eigenvalue weighted by molar-refractivity contribution is -0.140. The first-order chi connectivity index (χ1) is 14.4. The molecule has 0 unspecified atom stereocenters. The van der Waals surface area contributed by atoms with E-state index in [1.807, 2.05) is 0 Å². The van der Waals surface area contributed by atoms with E-state index in [0.717, 1.165) is 23.7 Å². The Hall–Kier alpha value is -3.47. The number of amides is 1. The van der Waals surface area contributed by atoms with Gasteiger partial charge in [0.25, 0.3) is 5.91 Å². The number of hydrogen-bond acceptors (Lipinski definition) is 8. The number of aryl methyl sites for hydroxylation is 2. The van der Waals surface area contributed by atoms with Gasteiger partial charge in [-0.05, 0) is 30.6 Å². The fraction of sp³-hybridized carbons (Fsp3) is 0.211. The zero-order valence-corrected chi connectivity index (χ0v) is 16.8. The lowest BCUT2D eigenvalue weighted by Crippen LogP contribution is -2.14. The van der Waals surface area contributed by atoms with Crippen LogP contribution in [0.4, 0.5) is 25.3 Å². The highest BCUT2D eigenvalue weighted by molar-refractivity contribution is 7.10. The summed E-state index contributed by atoms with van der Waals surface area (Å²) in [5, 5.41) is 5.93. The SMILES string of the molecule is COC(=O)CCc1cncc(Nc2snc(C)c2C(=O)Nc2ccc(F)c(F)c2)n1. The maximum Gasteiger partial charge on any atom is 0.305 e. The summed E-state index contributed by atoms with van der Waals surface area (Å²) in [7, 11) is 1.31. The predicted molar refractivity (Wildman–Crippen MR) is 107 cm³/mol. The van der Waals surface area contributed by atoms with Gasteiger partial charge in [-0.25, -0.2) is 13.8 Å². The van der Waals surface area contributed by atoms with Crippen LogP contribution in [0.3, 0.4) is 0 Å². The number of carbonyl (C=O) groups is 2. The number of halogens is 2. The number of esters is 1. The molecule has 0 radical (unpaired) electrons. The molecule has 1 amide bonds. The van der Waals surface area contributed by atoms with Crippen molar-refractivity contribution in [2.75, 3.05) is 17.7 Å². The highest BCUT2D eigenvalue weighted by Gasteiger charge is 2.20. The van der Waals surface area contributed by atoms with Gasteiger partial charge in [0, 0.05) is 24.4 Å². The second kappa shape index (κ2) is 9.35. The van der Waals surface area contributed by atoms with Gasteiger partial charge in [0.1, 0.15) is 10.8 Å². The van der Waals surface area contributed by atoms with Crippen molar-refractivity contribution < 1.29 is 23.1 Å². The first-order valence-corrected chi connectivity index (χ1v) is 9.52. The third-order valence-electron chi connectivity index (χ3n) is 4.01. The second-order valence-electron chi connectivity index (χ2n) is 6.15. The number of hydrogen-bond donors (Lipinski definition) is 2. The topological polar surface area (TPSA) is 106 Å². The molecule has 156 valence electrons. The molecule has 0 atom stereocenters. The van der Waals surface area contributed by atoms with Crippen LogP contribution in [-0.4, -0.2) is 33.3 Å². The van der Waals surface area contributed by atoms with E-state index >= 15 is 0 Å². The molecule has 2 heterocycles. The summed E-state index contributed by atoms with van der Waals surface area (Å²) in [5.74, 6) is -2.60. The smallest absolute Gasteiger partial charge is 0.305 e. The molecule has 0 aliphatic rings. The van der Waals surface area contributed by atoms with Crippen molar-refractivity contribution in [3.8, 4) is 0 Å². The van der Waals surface area contributed by atoms with Crippen LogP contribution >= 0.6 is 11.5 Å². The summed E-state index contributed by atoms with van der Waals surface area (Å²) in [5.41, 5.74) is 1.38. The zero-order valence-electron chi connectivity index (χ0n) is 16.0. The summed E-state index contributed by atoms with van der Waals surface area (Å²) in [6.07, 6.45) is 3.51. The average molecular weight is 433 g/mol. The van der Waals surface area contributed by atoms with E-state index in [1.54, 1.807) is 6.92 Å². The monoisotopic (exact) mass is 433 g/mol. The number of methoxy groups -OCH3 is 1. The van der Waals surface area contributed by atoms with E-state index in [1.165, 1.54) is 25.6 Å². The first kappa shape index (κ1) is 21.2. The van der Waals surface area contributed by atoms with Gasteiger partial charge in [-0.15, -0.1) is 0 Å². The second-order valence-corrected chi connectivity index (χ2v) is 6.93. The summed E-state index contributed by atoms with van der Waals surface area (Å²) in [6, 6.07) is 3.08. The van der Waals surface area contributed by atoms with Crippen molar-refractivity contribution in [3.05, 3.63) is 59.2 Å². The summed E-state index contributed by atoms with van der Waals surface area (Å²) in [4.78, 5) is 32.4. The van der Waals surface area contributed by atoms with Gasteiger partial charge in [0.2, 0.25) is 0 Å². The third kappa shape index (κ3) is 5.11. The van der Waals surface area contributed by atoms with E-state index in [4.69, 9.17) is 0 Å². The van der Waals surface area contributed by atoms with Crippen molar-refractivity contribution in [3.63, 3.8) is 0 Å².